The number of carbonyl (C=O) groups excluding carboxylic acids is 1. The second-order valence-corrected chi connectivity index (χ2v) is 7.97. The average molecular weight is 440 g/mol. The van der Waals surface area contributed by atoms with Crippen LogP contribution in [0.4, 0.5) is 5.82 Å². The Morgan fingerprint density at radius 3 is 2.81 bits per heavy atom. The molecule has 32 heavy (non-hydrogen) atoms. The number of hydroxylamine groups is 1. The van der Waals surface area contributed by atoms with E-state index in [4.69, 9.17) is 9.57 Å². The maximum atomic E-state index is 11.9. The van der Waals surface area contributed by atoms with E-state index in [0.29, 0.717) is 18.1 Å². The number of likely N-dealkylation sites (N-methyl/N-ethyl adjacent to an activating group) is 1. The molecule has 1 aliphatic heterocycles. The molecule has 0 saturated carbocycles. The van der Waals surface area contributed by atoms with Crippen molar-refractivity contribution >= 4 is 17.8 Å². The van der Waals surface area contributed by atoms with Gasteiger partial charge in [0.05, 0.1) is 18.1 Å². The Balaban J connectivity index is 1.43. The van der Waals surface area contributed by atoms with Crippen molar-refractivity contribution in [2.45, 2.75) is 51.5 Å². The van der Waals surface area contributed by atoms with E-state index in [1.807, 2.05) is 6.07 Å². The first-order chi connectivity index (χ1) is 15.6. The minimum absolute atomic E-state index is 0.254. The van der Waals surface area contributed by atoms with Gasteiger partial charge in [0.2, 0.25) is 0 Å². The van der Waals surface area contributed by atoms with Gasteiger partial charge in [-0.1, -0.05) is 37.3 Å². The van der Waals surface area contributed by atoms with E-state index >= 15 is 0 Å². The summed E-state index contributed by atoms with van der Waals surface area (Å²) in [6, 6.07) is 10.7. The summed E-state index contributed by atoms with van der Waals surface area (Å²) < 4.78 is 5.41. The summed E-state index contributed by atoms with van der Waals surface area (Å²) in [5, 5.41) is 3.44. The number of anilines is 1. The van der Waals surface area contributed by atoms with Crippen molar-refractivity contribution in [3.63, 3.8) is 0 Å². The molecule has 0 radical (unpaired) electrons. The highest BCUT2D eigenvalue weighted by atomic mass is 16.8. The third kappa shape index (κ3) is 8.37. The first kappa shape index (κ1) is 23.8. The van der Waals surface area contributed by atoms with E-state index < -0.39 is 0 Å². The van der Waals surface area contributed by atoms with E-state index in [0.717, 1.165) is 38.8 Å². The minimum Gasteiger partial charge on any atom is -0.365 e. The fraction of sp³-hybridized carbons (Fsp3) is 0.458. The monoisotopic (exact) mass is 439 g/mol. The number of nitrogens with zero attached hydrogens (tertiary/aromatic N) is 3. The molecule has 1 amide bonds. The lowest BCUT2D eigenvalue weighted by molar-refractivity contribution is -0.198. The number of rotatable bonds is 11. The lowest BCUT2D eigenvalue weighted by atomic mass is 10.2. The Labute approximate surface area is 190 Å². The smallest absolute Gasteiger partial charge is 0.267 e. The van der Waals surface area contributed by atoms with Crippen LogP contribution in [0, 0.1) is 0 Å². The summed E-state index contributed by atoms with van der Waals surface area (Å²) in [7, 11) is 2.12. The number of ether oxygens (including phenoxy) is 1. The van der Waals surface area contributed by atoms with Crippen molar-refractivity contribution in [2.24, 2.45) is 0 Å². The summed E-state index contributed by atoms with van der Waals surface area (Å²) in [4.78, 5) is 28.2. The zero-order valence-electron chi connectivity index (χ0n) is 18.9. The summed E-state index contributed by atoms with van der Waals surface area (Å²) >= 11 is 0. The molecule has 1 unspecified atom stereocenters. The molecule has 2 atom stereocenters. The third-order valence-electron chi connectivity index (χ3n) is 5.18. The third-order valence-corrected chi connectivity index (χ3v) is 5.18. The van der Waals surface area contributed by atoms with E-state index in [2.05, 4.69) is 63.9 Å². The van der Waals surface area contributed by atoms with Gasteiger partial charge in [-0.2, -0.15) is 0 Å². The topological polar surface area (TPSA) is 88.6 Å². The van der Waals surface area contributed by atoms with E-state index in [1.165, 1.54) is 11.6 Å². The summed E-state index contributed by atoms with van der Waals surface area (Å²) in [6.07, 6.45) is 9.73. The van der Waals surface area contributed by atoms with Gasteiger partial charge in [0.15, 0.2) is 6.29 Å². The standard InChI is InChI=1S/C24H33N5O3/c1-3-20(18-29(2)17-19-9-5-4-6-10-19)27-22-16-25-21(15-26-22)12-13-23(30)28-32-24-11-7-8-14-31-24/h4-6,9-10,12-13,15-16,20,24H,3,7-8,11,14,17-18H2,1-2H3,(H,26,27)(H,28,30)/b13-12+/t20-,24?/m1/s1. The molecule has 1 fully saturated rings. The van der Waals surface area contributed by atoms with E-state index in [9.17, 15) is 4.79 Å². The van der Waals surface area contributed by atoms with Crippen molar-refractivity contribution in [2.75, 3.05) is 25.5 Å². The first-order valence-corrected chi connectivity index (χ1v) is 11.2. The van der Waals surface area contributed by atoms with Crippen LogP contribution in [0.25, 0.3) is 6.08 Å². The molecular weight excluding hydrogens is 406 g/mol. The van der Waals surface area contributed by atoms with Gasteiger partial charge in [-0.3, -0.25) is 9.78 Å². The highest BCUT2D eigenvalue weighted by Gasteiger charge is 2.15. The van der Waals surface area contributed by atoms with Crippen LogP contribution < -0.4 is 10.8 Å². The lowest BCUT2D eigenvalue weighted by Gasteiger charge is -2.24. The Morgan fingerprint density at radius 1 is 1.28 bits per heavy atom. The summed E-state index contributed by atoms with van der Waals surface area (Å²) in [5.74, 6) is 0.347. The van der Waals surface area contributed by atoms with Crippen LogP contribution in [0.15, 0.2) is 48.8 Å². The maximum absolute atomic E-state index is 11.9. The Bertz CT molecular complexity index is 838. The van der Waals surface area contributed by atoms with Crippen LogP contribution in [0.2, 0.25) is 0 Å². The average Bonchev–Trinajstić information content (AvgIpc) is 2.83. The van der Waals surface area contributed by atoms with Gasteiger partial charge >= 0.3 is 0 Å². The highest BCUT2D eigenvalue weighted by Crippen LogP contribution is 2.12. The van der Waals surface area contributed by atoms with Crippen LogP contribution in [0.5, 0.6) is 0 Å². The molecule has 3 rings (SSSR count). The highest BCUT2D eigenvalue weighted by molar-refractivity contribution is 5.90. The van der Waals surface area contributed by atoms with Crippen LogP contribution >= 0.6 is 0 Å². The van der Waals surface area contributed by atoms with Gasteiger partial charge in [0.25, 0.3) is 5.91 Å². The van der Waals surface area contributed by atoms with E-state index in [-0.39, 0.29) is 18.2 Å². The van der Waals surface area contributed by atoms with Crippen molar-refractivity contribution in [3.8, 4) is 0 Å². The van der Waals surface area contributed by atoms with Crippen LogP contribution in [0.3, 0.4) is 0 Å². The molecule has 8 heteroatoms. The second kappa shape index (κ2) is 12.9. The molecule has 0 aliphatic carbocycles. The predicted octanol–water partition coefficient (Wildman–Crippen LogP) is 3.39. The largest absolute Gasteiger partial charge is 0.365 e. The minimum atomic E-state index is -0.371. The van der Waals surface area contributed by atoms with Crippen molar-refractivity contribution in [1.29, 1.82) is 0 Å². The molecule has 1 aromatic heterocycles. The van der Waals surface area contributed by atoms with Crippen LogP contribution in [-0.2, 0) is 20.9 Å². The number of amides is 1. The van der Waals surface area contributed by atoms with Gasteiger partial charge in [0, 0.05) is 38.2 Å². The number of benzene rings is 1. The molecule has 2 aromatic rings. The predicted molar refractivity (Wildman–Crippen MR) is 124 cm³/mol. The fourth-order valence-corrected chi connectivity index (χ4v) is 3.44. The summed E-state index contributed by atoms with van der Waals surface area (Å²) in [6.45, 7) is 4.60. The van der Waals surface area contributed by atoms with Crippen molar-refractivity contribution in [1.82, 2.24) is 20.3 Å². The quantitative estimate of drug-likeness (QED) is 0.410. The number of carbonyl (C=O) groups is 1. The van der Waals surface area contributed by atoms with Crippen LogP contribution in [-0.4, -0.2) is 53.3 Å². The zero-order valence-corrected chi connectivity index (χ0v) is 18.9. The van der Waals surface area contributed by atoms with Gasteiger partial charge in [0.1, 0.15) is 5.82 Å². The number of aromatic nitrogens is 2. The summed E-state index contributed by atoms with van der Waals surface area (Å²) in [5.41, 5.74) is 4.27. The molecule has 1 aliphatic rings. The van der Waals surface area contributed by atoms with E-state index in [1.54, 1.807) is 18.5 Å². The van der Waals surface area contributed by atoms with Gasteiger partial charge in [-0.25, -0.2) is 15.3 Å². The normalized spacial score (nSPS) is 17.4. The fourth-order valence-electron chi connectivity index (χ4n) is 3.44. The van der Waals surface area contributed by atoms with Gasteiger partial charge in [-0.15, -0.1) is 0 Å². The number of hydrogen-bond donors (Lipinski definition) is 2. The Kier molecular flexibility index (Phi) is 9.61. The molecular formula is C24H33N5O3. The Morgan fingerprint density at radius 2 is 2.12 bits per heavy atom. The number of nitrogens with one attached hydrogen (secondary N) is 2. The van der Waals surface area contributed by atoms with Crippen molar-refractivity contribution < 1.29 is 14.4 Å². The molecule has 1 saturated heterocycles. The number of hydrogen-bond acceptors (Lipinski definition) is 7. The van der Waals surface area contributed by atoms with Gasteiger partial charge < -0.3 is 15.0 Å². The molecule has 1 aromatic carbocycles. The molecule has 172 valence electrons. The molecule has 8 nitrogen and oxygen atoms in total. The van der Waals surface area contributed by atoms with Crippen LogP contribution in [0.1, 0.15) is 43.9 Å². The molecule has 2 N–H and O–H groups in total. The molecule has 0 bridgehead atoms. The molecule has 0 spiro atoms. The SMILES string of the molecule is CC[C@H](CN(C)Cc1ccccc1)Nc1cnc(/C=C/C(=O)NOC2CCCCO2)cn1. The van der Waals surface area contributed by atoms with Crippen molar-refractivity contribution in [3.05, 3.63) is 60.1 Å². The molecule has 2 heterocycles. The van der Waals surface area contributed by atoms with Gasteiger partial charge in [-0.05, 0) is 37.9 Å². The Hall–Kier alpha value is -2.81. The maximum Gasteiger partial charge on any atom is 0.267 e. The second-order valence-electron chi connectivity index (χ2n) is 7.97. The lowest BCUT2D eigenvalue weighted by Crippen LogP contribution is -2.34. The zero-order chi connectivity index (χ0) is 22.6. The first-order valence-electron chi connectivity index (χ1n) is 11.2.